The van der Waals surface area contributed by atoms with Crippen LogP contribution >= 0.6 is 0 Å². The SMILES string of the molecule is C=C\C=C(B(O)O)/C(=C/C=C\C)C(=C)C. The van der Waals surface area contributed by atoms with E-state index in [2.05, 4.69) is 13.2 Å². The molecule has 0 saturated heterocycles. The molecule has 0 radical (unpaired) electrons. The average Bonchev–Trinajstić information content (AvgIpc) is 2.16. The van der Waals surface area contributed by atoms with Crippen LogP contribution in [0.3, 0.4) is 0 Å². The lowest BCUT2D eigenvalue weighted by Gasteiger charge is -2.10. The third-order valence-corrected chi connectivity index (χ3v) is 1.80. The lowest BCUT2D eigenvalue weighted by atomic mass is 9.72. The summed E-state index contributed by atoms with van der Waals surface area (Å²) >= 11 is 0. The minimum absolute atomic E-state index is 0.399. The van der Waals surface area contributed by atoms with Crippen molar-refractivity contribution in [3.63, 3.8) is 0 Å². The predicted octanol–water partition coefficient (Wildman–Crippen LogP) is 2.19. The molecule has 0 fully saturated rings. The summed E-state index contributed by atoms with van der Waals surface area (Å²) in [5.41, 5.74) is 1.88. The van der Waals surface area contributed by atoms with E-state index in [0.29, 0.717) is 11.0 Å². The van der Waals surface area contributed by atoms with Crippen molar-refractivity contribution in [3.05, 3.63) is 60.2 Å². The van der Waals surface area contributed by atoms with Gasteiger partial charge in [0.1, 0.15) is 0 Å². The maximum Gasteiger partial charge on any atom is 0.489 e. The molecule has 3 heteroatoms. The summed E-state index contributed by atoms with van der Waals surface area (Å²) in [5.74, 6) is 0. The molecule has 0 bridgehead atoms. The maximum atomic E-state index is 9.20. The predicted molar refractivity (Wildman–Crippen MR) is 66.2 cm³/mol. The standard InChI is InChI=1S/C12H17BO2/c1-5-7-9-11(10(3)4)12(8-6-2)13(14)15/h5-9,14-15H,2-3H2,1,4H3/b7-5-,11-9+,12-8+. The molecule has 15 heavy (non-hydrogen) atoms. The van der Waals surface area contributed by atoms with E-state index < -0.39 is 7.12 Å². The van der Waals surface area contributed by atoms with Crippen LogP contribution in [0.25, 0.3) is 0 Å². The molecule has 0 rings (SSSR count). The van der Waals surface area contributed by atoms with Gasteiger partial charge < -0.3 is 10.0 Å². The van der Waals surface area contributed by atoms with E-state index in [0.717, 1.165) is 5.57 Å². The molecule has 0 aliphatic rings. The van der Waals surface area contributed by atoms with E-state index in [9.17, 15) is 10.0 Å². The van der Waals surface area contributed by atoms with Gasteiger partial charge in [-0.05, 0) is 24.9 Å². The minimum atomic E-state index is -1.52. The Morgan fingerprint density at radius 3 is 2.20 bits per heavy atom. The van der Waals surface area contributed by atoms with Gasteiger partial charge in [-0.3, -0.25) is 0 Å². The van der Waals surface area contributed by atoms with Gasteiger partial charge in [0, 0.05) is 0 Å². The summed E-state index contributed by atoms with van der Waals surface area (Å²) in [6.07, 6.45) is 8.55. The average molecular weight is 204 g/mol. The number of allylic oxidation sites excluding steroid dienone is 8. The second kappa shape index (κ2) is 7.04. The van der Waals surface area contributed by atoms with Gasteiger partial charge in [-0.1, -0.05) is 49.1 Å². The van der Waals surface area contributed by atoms with Crippen molar-refractivity contribution < 1.29 is 10.0 Å². The molecule has 0 aliphatic heterocycles. The zero-order valence-corrected chi connectivity index (χ0v) is 9.27. The largest absolute Gasteiger partial charge is 0.489 e. The fourth-order valence-corrected chi connectivity index (χ4v) is 1.12. The van der Waals surface area contributed by atoms with Crippen molar-refractivity contribution in [1.29, 1.82) is 0 Å². The summed E-state index contributed by atoms with van der Waals surface area (Å²) < 4.78 is 0. The molecule has 0 spiro atoms. The van der Waals surface area contributed by atoms with Crippen LogP contribution in [-0.2, 0) is 0 Å². The first kappa shape index (κ1) is 13.7. The summed E-state index contributed by atoms with van der Waals surface area (Å²) in [5, 5.41) is 18.4. The molecule has 0 aromatic heterocycles. The van der Waals surface area contributed by atoms with Crippen molar-refractivity contribution in [1.82, 2.24) is 0 Å². The van der Waals surface area contributed by atoms with E-state index in [1.54, 1.807) is 12.2 Å². The lowest BCUT2D eigenvalue weighted by molar-refractivity contribution is 0.420. The summed E-state index contributed by atoms with van der Waals surface area (Å²) in [7, 11) is -1.52. The van der Waals surface area contributed by atoms with Crippen molar-refractivity contribution in [2.45, 2.75) is 13.8 Å². The molecule has 0 aromatic carbocycles. The zero-order chi connectivity index (χ0) is 11.8. The van der Waals surface area contributed by atoms with Crippen LogP contribution < -0.4 is 0 Å². The number of hydrogen-bond donors (Lipinski definition) is 2. The second-order valence-electron chi connectivity index (χ2n) is 3.12. The first-order valence-corrected chi connectivity index (χ1v) is 4.72. The van der Waals surface area contributed by atoms with Crippen molar-refractivity contribution in [2.24, 2.45) is 0 Å². The van der Waals surface area contributed by atoms with Crippen LogP contribution in [0.2, 0.25) is 0 Å². The topological polar surface area (TPSA) is 40.5 Å². The molecule has 0 unspecified atom stereocenters. The van der Waals surface area contributed by atoms with Crippen LogP contribution in [0.15, 0.2) is 60.2 Å². The molecule has 0 aliphatic carbocycles. The second-order valence-corrected chi connectivity index (χ2v) is 3.12. The van der Waals surface area contributed by atoms with Crippen LogP contribution in [0, 0.1) is 0 Å². The number of hydrogen-bond acceptors (Lipinski definition) is 2. The van der Waals surface area contributed by atoms with Gasteiger partial charge in [-0.25, -0.2) is 0 Å². The van der Waals surface area contributed by atoms with Gasteiger partial charge in [0.05, 0.1) is 0 Å². The Hall–Kier alpha value is -1.32. The Balaban J connectivity index is 5.29. The number of rotatable bonds is 5. The van der Waals surface area contributed by atoms with E-state index in [1.165, 1.54) is 6.08 Å². The highest BCUT2D eigenvalue weighted by atomic mass is 16.4. The summed E-state index contributed by atoms with van der Waals surface area (Å²) in [6.45, 7) is 11.0. The monoisotopic (exact) mass is 204 g/mol. The van der Waals surface area contributed by atoms with Crippen LogP contribution in [-0.4, -0.2) is 17.2 Å². The molecule has 0 saturated carbocycles. The molecule has 0 atom stereocenters. The Labute approximate surface area is 91.8 Å². The van der Waals surface area contributed by atoms with Crippen LogP contribution in [0.5, 0.6) is 0 Å². The quantitative estimate of drug-likeness (QED) is 0.532. The van der Waals surface area contributed by atoms with Gasteiger partial charge in [0.15, 0.2) is 0 Å². The van der Waals surface area contributed by atoms with E-state index in [-0.39, 0.29) is 0 Å². The zero-order valence-electron chi connectivity index (χ0n) is 9.27. The first-order chi connectivity index (χ1) is 7.04. The molecular formula is C12H17BO2. The van der Waals surface area contributed by atoms with Crippen molar-refractivity contribution in [2.75, 3.05) is 0 Å². The third-order valence-electron chi connectivity index (χ3n) is 1.80. The fraction of sp³-hybridized carbons (Fsp3) is 0.167. The Bertz CT molecular complexity index is 323. The van der Waals surface area contributed by atoms with Crippen LogP contribution in [0.4, 0.5) is 0 Å². The van der Waals surface area contributed by atoms with Gasteiger partial charge >= 0.3 is 7.12 Å². The van der Waals surface area contributed by atoms with Gasteiger partial charge in [-0.2, -0.15) is 0 Å². The molecule has 80 valence electrons. The molecule has 2 N–H and O–H groups in total. The molecule has 0 amide bonds. The Morgan fingerprint density at radius 1 is 1.27 bits per heavy atom. The summed E-state index contributed by atoms with van der Waals surface area (Å²) in [6, 6.07) is 0. The van der Waals surface area contributed by atoms with Crippen LogP contribution in [0.1, 0.15) is 13.8 Å². The molecule has 0 heterocycles. The highest BCUT2D eigenvalue weighted by Gasteiger charge is 2.18. The highest BCUT2D eigenvalue weighted by Crippen LogP contribution is 2.19. The van der Waals surface area contributed by atoms with Crippen molar-refractivity contribution in [3.8, 4) is 0 Å². The Kier molecular flexibility index (Phi) is 6.42. The Morgan fingerprint density at radius 2 is 1.87 bits per heavy atom. The van der Waals surface area contributed by atoms with Gasteiger partial charge in [0.2, 0.25) is 0 Å². The molecule has 2 nitrogen and oxygen atoms in total. The first-order valence-electron chi connectivity index (χ1n) is 4.72. The van der Waals surface area contributed by atoms with Gasteiger partial charge in [0.25, 0.3) is 0 Å². The molecular weight excluding hydrogens is 187 g/mol. The summed E-state index contributed by atoms with van der Waals surface area (Å²) in [4.78, 5) is 0. The van der Waals surface area contributed by atoms with Crippen molar-refractivity contribution >= 4 is 7.12 Å². The third kappa shape index (κ3) is 4.63. The highest BCUT2D eigenvalue weighted by molar-refractivity contribution is 6.52. The normalized spacial score (nSPS) is 13.1. The smallest absolute Gasteiger partial charge is 0.423 e. The maximum absolute atomic E-state index is 9.20. The van der Waals surface area contributed by atoms with Gasteiger partial charge in [-0.15, -0.1) is 0 Å². The lowest BCUT2D eigenvalue weighted by Crippen LogP contribution is -2.17. The molecule has 0 aromatic rings. The van der Waals surface area contributed by atoms with E-state index in [1.807, 2.05) is 26.0 Å². The van der Waals surface area contributed by atoms with E-state index in [4.69, 9.17) is 0 Å². The fourth-order valence-electron chi connectivity index (χ4n) is 1.12. The minimum Gasteiger partial charge on any atom is -0.423 e. The van der Waals surface area contributed by atoms with E-state index >= 15 is 0 Å².